The second-order valence-corrected chi connectivity index (χ2v) is 22.7. The monoisotopic (exact) mass is 1060 g/mol. The maximum atomic E-state index is 12.9. The average Bonchev–Trinajstić information content (AvgIpc) is 3.42. The lowest BCUT2D eigenvalue weighted by Gasteiger charge is -2.18. The van der Waals surface area contributed by atoms with Crippen LogP contribution in [-0.4, -0.2) is 37.2 Å². The van der Waals surface area contributed by atoms with E-state index in [1.54, 1.807) is 0 Å². The van der Waals surface area contributed by atoms with Crippen molar-refractivity contribution in [1.82, 2.24) is 0 Å². The van der Waals surface area contributed by atoms with Crippen molar-refractivity contribution in [2.75, 3.05) is 13.2 Å². The minimum atomic E-state index is -0.775. The van der Waals surface area contributed by atoms with Gasteiger partial charge in [0.1, 0.15) is 13.2 Å². The van der Waals surface area contributed by atoms with Crippen molar-refractivity contribution in [1.29, 1.82) is 0 Å². The average molecular weight is 1070 g/mol. The Morgan fingerprint density at radius 3 is 0.750 bits per heavy atom. The summed E-state index contributed by atoms with van der Waals surface area (Å²) >= 11 is 0. The Labute approximate surface area is 473 Å². The molecule has 0 saturated heterocycles. The number of carbonyl (C=O) groups is 3. The van der Waals surface area contributed by atoms with Gasteiger partial charge in [0.25, 0.3) is 0 Å². The van der Waals surface area contributed by atoms with Gasteiger partial charge in [-0.05, 0) is 83.5 Å². The maximum absolute atomic E-state index is 12.9. The first-order chi connectivity index (χ1) is 37.5. The molecule has 1 unspecified atom stereocenters. The van der Waals surface area contributed by atoms with E-state index in [9.17, 15) is 14.4 Å². The lowest BCUT2D eigenvalue weighted by Crippen LogP contribution is -2.30. The topological polar surface area (TPSA) is 78.9 Å². The van der Waals surface area contributed by atoms with Gasteiger partial charge >= 0.3 is 17.9 Å². The van der Waals surface area contributed by atoms with E-state index in [1.807, 2.05) is 0 Å². The third-order valence-corrected chi connectivity index (χ3v) is 15.1. The molecule has 0 fully saturated rings. The Bertz CT molecular complexity index is 1310. The molecule has 6 heteroatoms. The van der Waals surface area contributed by atoms with Crippen LogP contribution in [-0.2, 0) is 28.6 Å². The predicted molar refractivity (Wildman–Crippen MR) is 330 cm³/mol. The molecule has 0 bridgehead atoms. The SMILES string of the molecule is CCCCCCC/C=C\C/C=C\C/C=C\CCCCCCCCCCCCCCC(=O)OCC(COC(=O)CCCCCCC/C=C\CCCCCCCC)OC(=O)CCCCCCCCCCCCCCCCCC. The Balaban J connectivity index is 4.26. The largest absolute Gasteiger partial charge is 0.462 e. The summed E-state index contributed by atoms with van der Waals surface area (Å²) in [5.41, 5.74) is 0. The van der Waals surface area contributed by atoms with Gasteiger partial charge in [-0.25, -0.2) is 0 Å². The molecule has 0 aliphatic heterocycles. The molecule has 0 rings (SSSR count). The third-order valence-electron chi connectivity index (χ3n) is 15.1. The van der Waals surface area contributed by atoms with Gasteiger partial charge in [-0.15, -0.1) is 0 Å². The van der Waals surface area contributed by atoms with Gasteiger partial charge in [-0.2, -0.15) is 0 Å². The molecule has 0 amide bonds. The molecule has 76 heavy (non-hydrogen) atoms. The van der Waals surface area contributed by atoms with Crippen molar-refractivity contribution in [3.05, 3.63) is 48.6 Å². The van der Waals surface area contributed by atoms with Gasteiger partial charge in [0.2, 0.25) is 0 Å². The summed E-state index contributed by atoms with van der Waals surface area (Å²) < 4.78 is 17.0. The van der Waals surface area contributed by atoms with Gasteiger partial charge in [0, 0.05) is 19.3 Å². The summed E-state index contributed by atoms with van der Waals surface area (Å²) in [5.74, 6) is -0.859. The highest BCUT2D eigenvalue weighted by atomic mass is 16.6. The maximum Gasteiger partial charge on any atom is 0.306 e. The molecular weight excluding hydrogens is 937 g/mol. The van der Waals surface area contributed by atoms with Crippen LogP contribution in [0.5, 0.6) is 0 Å². The highest BCUT2D eigenvalue weighted by Crippen LogP contribution is 2.17. The van der Waals surface area contributed by atoms with Crippen molar-refractivity contribution >= 4 is 17.9 Å². The molecular formula is C70H128O6. The molecule has 0 aliphatic rings. The van der Waals surface area contributed by atoms with Gasteiger partial charge < -0.3 is 14.2 Å². The van der Waals surface area contributed by atoms with Crippen LogP contribution in [0.15, 0.2) is 48.6 Å². The molecule has 444 valence electrons. The van der Waals surface area contributed by atoms with Crippen LogP contribution >= 0.6 is 0 Å². The fraction of sp³-hybridized carbons (Fsp3) is 0.843. The van der Waals surface area contributed by atoms with Gasteiger partial charge in [0.15, 0.2) is 6.10 Å². The highest BCUT2D eigenvalue weighted by molar-refractivity contribution is 5.71. The summed E-state index contributed by atoms with van der Waals surface area (Å²) in [6, 6.07) is 0. The lowest BCUT2D eigenvalue weighted by molar-refractivity contribution is -0.167. The first-order valence-corrected chi connectivity index (χ1v) is 33.6. The molecule has 0 spiro atoms. The van der Waals surface area contributed by atoms with Gasteiger partial charge in [-0.3, -0.25) is 14.4 Å². The molecule has 1 atom stereocenters. The fourth-order valence-corrected chi connectivity index (χ4v) is 9.98. The molecule has 6 nitrogen and oxygen atoms in total. The minimum Gasteiger partial charge on any atom is -0.462 e. The van der Waals surface area contributed by atoms with Crippen molar-refractivity contribution in [2.24, 2.45) is 0 Å². The van der Waals surface area contributed by atoms with Crippen LogP contribution in [0.2, 0.25) is 0 Å². The Morgan fingerprint density at radius 1 is 0.263 bits per heavy atom. The van der Waals surface area contributed by atoms with Crippen LogP contribution in [0, 0.1) is 0 Å². The zero-order valence-corrected chi connectivity index (χ0v) is 51.0. The molecule has 0 aromatic rings. The molecule has 0 N–H and O–H groups in total. The summed E-state index contributed by atoms with van der Waals surface area (Å²) in [6.45, 7) is 6.67. The zero-order valence-electron chi connectivity index (χ0n) is 51.0. The summed E-state index contributed by atoms with van der Waals surface area (Å²) in [5, 5.41) is 0. The normalized spacial score (nSPS) is 12.3. The van der Waals surface area contributed by atoms with Crippen LogP contribution in [0.25, 0.3) is 0 Å². The summed E-state index contributed by atoms with van der Waals surface area (Å²) in [6.07, 6.45) is 81.2. The molecule has 0 heterocycles. The van der Waals surface area contributed by atoms with Crippen molar-refractivity contribution in [3.63, 3.8) is 0 Å². The second kappa shape index (κ2) is 64.9. The molecule has 0 aliphatic carbocycles. The second-order valence-electron chi connectivity index (χ2n) is 22.7. The predicted octanol–water partition coefficient (Wildman–Crippen LogP) is 22.9. The fourth-order valence-electron chi connectivity index (χ4n) is 9.98. The number of allylic oxidation sites excluding steroid dienone is 8. The lowest BCUT2D eigenvalue weighted by atomic mass is 10.0. The number of esters is 3. The van der Waals surface area contributed by atoms with E-state index in [2.05, 4.69) is 69.4 Å². The third kappa shape index (κ3) is 62.2. The Morgan fingerprint density at radius 2 is 0.474 bits per heavy atom. The van der Waals surface area contributed by atoms with Gasteiger partial charge in [-0.1, -0.05) is 307 Å². The molecule has 0 aromatic carbocycles. The van der Waals surface area contributed by atoms with E-state index in [1.165, 1.54) is 244 Å². The van der Waals surface area contributed by atoms with E-state index in [0.29, 0.717) is 19.3 Å². The first-order valence-electron chi connectivity index (χ1n) is 33.6. The van der Waals surface area contributed by atoms with E-state index < -0.39 is 6.10 Å². The number of hydrogen-bond acceptors (Lipinski definition) is 6. The molecule has 0 saturated carbocycles. The van der Waals surface area contributed by atoms with Crippen molar-refractivity contribution < 1.29 is 28.6 Å². The zero-order chi connectivity index (χ0) is 55.0. The van der Waals surface area contributed by atoms with Crippen LogP contribution in [0.1, 0.15) is 361 Å². The minimum absolute atomic E-state index is 0.0725. The van der Waals surface area contributed by atoms with E-state index in [0.717, 1.165) is 77.0 Å². The van der Waals surface area contributed by atoms with Crippen LogP contribution in [0.3, 0.4) is 0 Å². The quantitative estimate of drug-likeness (QED) is 0.0261. The highest BCUT2D eigenvalue weighted by Gasteiger charge is 2.19. The summed E-state index contributed by atoms with van der Waals surface area (Å²) in [7, 11) is 0. The molecule has 0 aromatic heterocycles. The Kier molecular flexibility index (Phi) is 62.6. The number of unbranched alkanes of at least 4 members (excludes halogenated alkanes) is 43. The van der Waals surface area contributed by atoms with Crippen molar-refractivity contribution in [3.8, 4) is 0 Å². The summed E-state index contributed by atoms with van der Waals surface area (Å²) in [4.78, 5) is 38.3. The molecule has 0 radical (unpaired) electrons. The number of carbonyl (C=O) groups excluding carboxylic acids is 3. The van der Waals surface area contributed by atoms with E-state index in [4.69, 9.17) is 14.2 Å². The van der Waals surface area contributed by atoms with Gasteiger partial charge in [0.05, 0.1) is 0 Å². The van der Waals surface area contributed by atoms with E-state index in [-0.39, 0.29) is 31.1 Å². The standard InChI is InChI=1S/C70H128O6/c1-4-7-10-13-16-19-22-25-28-30-31-32-33-34-35-36-37-38-39-40-43-45-48-51-54-57-60-63-69(72)75-66-67(65-74-68(71)62-59-56-53-50-47-44-41-27-24-21-18-15-12-9-6-3)76-70(73)64-61-58-55-52-49-46-42-29-26-23-20-17-14-11-8-5-2/h22,25,27,30-31,33-34,41,67H,4-21,23-24,26,28-29,32,35-40,42-66H2,1-3H3/b25-22-,31-30-,34-33-,41-27-. The number of ether oxygens (including phenoxy) is 3. The number of hydrogen-bond donors (Lipinski definition) is 0. The van der Waals surface area contributed by atoms with Crippen LogP contribution < -0.4 is 0 Å². The van der Waals surface area contributed by atoms with Crippen molar-refractivity contribution in [2.45, 2.75) is 367 Å². The first kappa shape index (κ1) is 73.4. The Hall–Kier alpha value is -2.63. The van der Waals surface area contributed by atoms with Crippen LogP contribution in [0.4, 0.5) is 0 Å². The van der Waals surface area contributed by atoms with E-state index >= 15 is 0 Å². The smallest absolute Gasteiger partial charge is 0.306 e. The number of rotatable bonds is 62.